The molecular weight excluding hydrogens is 611 g/mol. The van der Waals surface area contributed by atoms with Gasteiger partial charge in [0.1, 0.15) is 17.6 Å². The van der Waals surface area contributed by atoms with Crippen LogP contribution in [0.15, 0.2) is 42.5 Å². The first kappa shape index (κ1) is 37.2. The van der Waals surface area contributed by atoms with Gasteiger partial charge in [-0.15, -0.1) is 0 Å². The number of carbonyl (C=O) groups excluding carboxylic acids is 2. The van der Waals surface area contributed by atoms with Crippen LogP contribution in [-0.2, 0) is 9.59 Å². The van der Waals surface area contributed by atoms with Gasteiger partial charge in [0.25, 0.3) is 5.91 Å². The van der Waals surface area contributed by atoms with Crippen LogP contribution in [0.2, 0.25) is 0 Å². The number of carbonyl (C=O) groups is 2. The number of alkyl halides is 7. The number of benzene rings is 2. The average Bonchev–Trinajstić information content (AvgIpc) is 2.98. The number of ether oxygens (including phenoxy) is 1. The second-order valence-corrected chi connectivity index (χ2v) is 10.5. The molecule has 45 heavy (non-hydrogen) atoms. The highest BCUT2D eigenvalue weighted by Crippen LogP contribution is 2.47. The summed E-state index contributed by atoms with van der Waals surface area (Å²) in [4.78, 5) is 24.8. The van der Waals surface area contributed by atoms with E-state index < -0.39 is 47.4 Å². The quantitative estimate of drug-likeness (QED) is 0.0851. The van der Waals surface area contributed by atoms with Gasteiger partial charge in [-0.05, 0) is 37.1 Å². The highest BCUT2D eigenvalue weighted by molar-refractivity contribution is 5.99. The number of amides is 2. The summed E-state index contributed by atoms with van der Waals surface area (Å²) in [5.41, 5.74) is -0.853. The summed E-state index contributed by atoms with van der Waals surface area (Å²) in [6.45, 7) is 2.16. The van der Waals surface area contributed by atoms with Crippen LogP contribution in [0, 0.1) is 11.3 Å². The van der Waals surface area contributed by atoms with Crippen molar-refractivity contribution in [2.45, 2.75) is 102 Å². The van der Waals surface area contributed by atoms with Crippen molar-refractivity contribution in [2.24, 2.45) is 0 Å². The van der Waals surface area contributed by atoms with Crippen molar-refractivity contribution >= 4 is 23.2 Å². The molecule has 0 fully saturated rings. The minimum atomic E-state index is -6.72. The Morgan fingerprint density at radius 2 is 1.44 bits per heavy atom. The first-order valence-electron chi connectivity index (χ1n) is 14.6. The van der Waals surface area contributed by atoms with E-state index in [4.69, 9.17) is 4.74 Å². The summed E-state index contributed by atoms with van der Waals surface area (Å²) in [6, 6.07) is 10.7. The van der Waals surface area contributed by atoms with Gasteiger partial charge in [-0.2, -0.15) is 36.0 Å². The van der Waals surface area contributed by atoms with Crippen molar-refractivity contribution in [3.8, 4) is 17.6 Å². The molecule has 2 amide bonds. The molecule has 0 heterocycles. The summed E-state index contributed by atoms with van der Waals surface area (Å²) in [5, 5.41) is 23.1. The van der Waals surface area contributed by atoms with Crippen molar-refractivity contribution in [1.29, 1.82) is 5.26 Å². The molecule has 0 aliphatic carbocycles. The zero-order valence-electron chi connectivity index (χ0n) is 24.7. The van der Waals surface area contributed by atoms with E-state index in [1.807, 2.05) is 6.07 Å². The molecule has 14 heteroatoms. The number of halogens is 7. The number of aromatic hydroxyl groups is 1. The molecule has 2 rings (SSSR count). The molecular formula is C31H36F7N3O4. The number of phenolic OH excluding ortho intramolecular Hbond substituents is 1. The van der Waals surface area contributed by atoms with E-state index in [0.717, 1.165) is 55.6 Å². The molecule has 0 bridgehead atoms. The molecule has 3 N–H and O–H groups in total. The number of unbranched alkanes of at least 4 members (excludes halogenated alkanes) is 9. The van der Waals surface area contributed by atoms with E-state index in [-0.39, 0.29) is 23.4 Å². The smallest absolute Gasteiger partial charge is 0.460 e. The van der Waals surface area contributed by atoms with Gasteiger partial charge in [0, 0.05) is 11.8 Å². The third-order valence-corrected chi connectivity index (χ3v) is 6.94. The van der Waals surface area contributed by atoms with Gasteiger partial charge in [0.05, 0.1) is 11.3 Å². The van der Waals surface area contributed by atoms with Crippen molar-refractivity contribution in [2.75, 3.05) is 10.6 Å². The first-order chi connectivity index (χ1) is 21.2. The standard InChI is InChI=1S/C31H36F7N3O4/c1-2-3-4-5-6-7-8-9-10-11-16-26(45-25-15-13-12-14-21(25)20-39)27(43)40-22-17-18-23(24(42)19-22)41-28(44)29(32,33)30(34,35)31(36,37)38/h12-15,17-19,26,42H,2-11,16H2,1H3,(H,40,43)(H,41,44). The molecule has 0 saturated heterocycles. The van der Waals surface area contributed by atoms with Crippen molar-refractivity contribution in [3.05, 3.63) is 48.0 Å². The Bertz CT molecular complexity index is 1310. The number of nitrogens with one attached hydrogen (secondary N) is 2. The number of nitriles is 1. The molecule has 7 nitrogen and oxygen atoms in total. The first-order valence-corrected chi connectivity index (χ1v) is 14.6. The lowest BCUT2D eigenvalue weighted by molar-refractivity contribution is -0.343. The Balaban J connectivity index is 2.07. The zero-order chi connectivity index (χ0) is 33.7. The molecule has 1 unspecified atom stereocenters. The predicted molar refractivity (Wildman–Crippen MR) is 153 cm³/mol. The summed E-state index contributed by atoms with van der Waals surface area (Å²) < 4.78 is 96.8. The van der Waals surface area contributed by atoms with E-state index in [0.29, 0.717) is 6.42 Å². The van der Waals surface area contributed by atoms with Crippen molar-refractivity contribution in [1.82, 2.24) is 0 Å². The second kappa shape index (κ2) is 16.9. The Morgan fingerprint density at radius 3 is 2.00 bits per heavy atom. The Morgan fingerprint density at radius 1 is 0.867 bits per heavy atom. The number of para-hydroxylation sites is 1. The molecule has 0 aromatic heterocycles. The van der Waals surface area contributed by atoms with Gasteiger partial charge in [0.2, 0.25) is 0 Å². The topological polar surface area (TPSA) is 111 Å². The Kier molecular flexibility index (Phi) is 13.9. The van der Waals surface area contributed by atoms with E-state index in [1.54, 1.807) is 12.1 Å². The van der Waals surface area contributed by atoms with Gasteiger partial charge in [-0.25, -0.2) is 0 Å². The van der Waals surface area contributed by atoms with Crippen LogP contribution in [-0.4, -0.2) is 41.0 Å². The molecule has 248 valence electrons. The maximum absolute atomic E-state index is 13.7. The number of phenols is 1. The average molecular weight is 648 g/mol. The molecule has 1 atom stereocenters. The highest BCUT2D eigenvalue weighted by atomic mass is 19.4. The van der Waals surface area contributed by atoms with Crippen LogP contribution < -0.4 is 15.4 Å². The SMILES string of the molecule is CCCCCCCCCCCCC(Oc1ccccc1C#N)C(=O)Nc1ccc(NC(=O)C(F)(F)C(F)(F)C(F)(F)F)c(O)c1. The summed E-state index contributed by atoms with van der Waals surface area (Å²) in [5.74, 6) is -17.4. The second-order valence-electron chi connectivity index (χ2n) is 10.5. The highest BCUT2D eigenvalue weighted by Gasteiger charge is 2.76. The predicted octanol–water partition coefficient (Wildman–Crippen LogP) is 8.73. The lowest BCUT2D eigenvalue weighted by Crippen LogP contribution is -2.57. The zero-order valence-corrected chi connectivity index (χ0v) is 24.7. The lowest BCUT2D eigenvalue weighted by atomic mass is 10.0. The Labute approximate surface area is 256 Å². The number of hydrogen-bond acceptors (Lipinski definition) is 5. The van der Waals surface area contributed by atoms with Crippen LogP contribution in [0.25, 0.3) is 0 Å². The van der Waals surface area contributed by atoms with Crippen LogP contribution in [0.4, 0.5) is 42.1 Å². The maximum atomic E-state index is 13.7. The fraction of sp³-hybridized carbons (Fsp3) is 0.516. The van der Waals surface area contributed by atoms with Gasteiger partial charge >= 0.3 is 23.9 Å². The number of hydrogen-bond donors (Lipinski definition) is 3. The van der Waals surface area contributed by atoms with Gasteiger partial charge in [0.15, 0.2) is 6.10 Å². The molecule has 2 aromatic rings. The van der Waals surface area contributed by atoms with Crippen LogP contribution >= 0.6 is 0 Å². The fourth-order valence-electron chi connectivity index (χ4n) is 4.34. The van der Waals surface area contributed by atoms with E-state index in [2.05, 4.69) is 12.2 Å². The van der Waals surface area contributed by atoms with E-state index >= 15 is 0 Å². The largest absolute Gasteiger partial charge is 0.506 e. The summed E-state index contributed by atoms with van der Waals surface area (Å²) in [7, 11) is 0. The normalized spacial score (nSPS) is 12.7. The van der Waals surface area contributed by atoms with Crippen LogP contribution in [0.3, 0.4) is 0 Å². The third-order valence-electron chi connectivity index (χ3n) is 6.94. The number of nitrogens with zero attached hydrogens (tertiary/aromatic N) is 1. The lowest BCUT2D eigenvalue weighted by Gasteiger charge is -2.27. The molecule has 0 saturated carbocycles. The van der Waals surface area contributed by atoms with Crippen molar-refractivity contribution < 1.29 is 50.2 Å². The Hall–Kier alpha value is -4.02. The monoisotopic (exact) mass is 647 g/mol. The maximum Gasteiger partial charge on any atom is 0.460 e. The summed E-state index contributed by atoms with van der Waals surface area (Å²) in [6.07, 6.45) is 2.96. The van der Waals surface area contributed by atoms with Gasteiger partial charge in [-0.1, -0.05) is 76.8 Å². The molecule has 0 radical (unpaired) electrons. The third kappa shape index (κ3) is 10.5. The van der Waals surface area contributed by atoms with E-state index in [1.165, 1.54) is 37.8 Å². The molecule has 2 aromatic carbocycles. The van der Waals surface area contributed by atoms with Crippen LogP contribution in [0.5, 0.6) is 11.5 Å². The van der Waals surface area contributed by atoms with Crippen LogP contribution in [0.1, 0.15) is 83.1 Å². The van der Waals surface area contributed by atoms with Gasteiger partial charge in [-0.3, -0.25) is 9.59 Å². The minimum Gasteiger partial charge on any atom is -0.506 e. The molecule has 0 aliphatic heterocycles. The van der Waals surface area contributed by atoms with E-state index in [9.17, 15) is 50.7 Å². The molecule has 0 spiro atoms. The number of anilines is 2. The fourth-order valence-corrected chi connectivity index (χ4v) is 4.34. The van der Waals surface area contributed by atoms with Gasteiger partial charge < -0.3 is 20.5 Å². The number of rotatable bonds is 18. The van der Waals surface area contributed by atoms with Crippen molar-refractivity contribution in [3.63, 3.8) is 0 Å². The molecule has 0 aliphatic rings. The summed E-state index contributed by atoms with van der Waals surface area (Å²) >= 11 is 0. The minimum absolute atomic E-state index is 0.131.